The Labute approximate surface area is 140 Å². The quantitative estimate of drug-likeness (QED) is 0.402. The molecule has 2 amide bonds. The van der Waals surface area contributed by atoms with Gasteiger partial charge in [-0.2, -0.15) is 30.3 Å². The topological polar surface area (TPSA) is 37.4 Å². The van der Waals surface area contributed by atoms with E-state index in [1.54, 1.807) is 0 Å². The molecule has 0 aliphatic carbocycles. The van der Waals surface area contributed by atoms with Gasteiger partial charge in [0.2, 0.25) is 11.8 Å². The minimum atomic E-state index is -0.433. The summed E-state index contributed by atoms with van der Waals surface area (Å²) < 4.78 is 0. The molecule has 0 aromatic heterocycles. The molecule has 0 bridgehead atoms. The van der Waals surface area contributed by atoms with Crippen LogP contribution in [0.25, 0.3) is 0 Å². The molecule has 21 heavy (non-hydrogen) atoms. The smallest absolute Gasteiger partial charge is 0.242 e. The van der Waals surface area contributed by atoms with E-state index in [1.165, 1.54) is 4.90 Å². The predicted molar refractivity (Wildman–Crippen MR) is 81.9 cm³/mol. The second kappa shape index (κ2) is 8.88. The van der Waals surface area contributed by atoms with Crippen LogP contribution in [0, 0.1) is 0 Å². The molecule has 0 radical (unpaired) electrons. The molecule has 118 valence electrons. The van der Waals surface area contributed by atoms with Gasteiger partial charge in [-0.25, -0.2) is 12.1 Å². The Balaban J connectivity index is 0.000000313. The number of hydrogen-bond acceptors (Lipinski definition) is 3. The van der Waals surface area contributed by atoms with Crippen molar-refractivity contribution in [1.29, 1.82) is 0 Å². The van der Waals surface area contributed by atoms with E-state index in [9.17, 15) is 9.59 Å². The van der Waals surface area contributed by atoms with Gasteiger partial charge in [-0.1, -0.05) is 6.42 Å². The molecule has 1 aliphatic heterocycles. The summed E-state index contributed by atoms with van der Waals surface area (Å²) in [5.41, 5.74) is 1.15. The maximum atomic E-state index is 11.5. The number of likely N-dealkylation sites (tertiary alicyclic amines) is 1. The van der Waals surface area contributed by atoms with Gasteiger partial charge in [0.1, 0.15) is 0 Å². The van der Waals surface area contributed by atoms with Crippen LogP contribution in [-0.2, 0) is 33.1 Å². The van der Waals surface area contributed by atoms with Crippen molar-refractivity contribution in [3.8, 4) is 0 Å². The van der Waals surface area contributed by atoms with Crippen molar-refractivity contribution in [2.75, 3.05) is 6.54 Å². The van der Waals surface area contributed by atoms with Gasteiger partial charge >= 0.3 is 0 Å². The third-order valence-corrected chi connectivity index (χ3v) is 3.53. The Bertz CT molecular complexity index is 519. The molecule has 3 rings (SSSR count). The number of thiol groups is 1. The SMILES string of the molecule is O=C1C[C@H](S)C(=O)N1CC[c-]1cccc1.[Fe].[cH-]1[cH-][cH-][cH-][cH-]1. The van der Waals surface area contributed by atoms with Crippen LogP contribution in [0.3, 0.4) is 0 Å². The summed E-state index contributed by atoms with van der Waals surface area (Å²) in [5.74, 6) is -0.263. The molecule has 0 N–H and O–H groups in total. The van der Waals surface area contributed by atoms with Crippen LogP contribution >= 0.6 is 12.6 Å². The summed E-state index contributed by atoms with van der Waals surface area (Å²) in [6.45, 7) is 0.471. The summed E-state index contributed by atoms with van der Waals surface area (Å²) in [6, 6.07) is 17.9. The van der Waals surface area contributed by atoms with Gasteiger partial charge < -0.3 is 30.3 Å². The van der Waals surface area contributed by atoms with Gasteiger partial charge in [0.25, 0.3) is 0 Å². The second-order valence-electron chi connectivity index (χ2n) is 4.61. The van der Waals surface area contributed by atoms with E-state index in [-0.39, 0.29) is 35.3 Å². The molecule has 5 heteroatoms. The van der Waals surface area contributed by atoms with Gasteiger partial charge in [0.15, 0.2) is 0 Å². The van der Waals surface area contributed by atoms with Gasteiger partial charge in [0.05, 0.1) is 5.25 Å². The molecule has 1 fully saturated rings. The first-order chi connectivity index (χ1) is 9.68. The largest absolute Gasteiger partial charge is 0.748 e. The van der Waals surface area contributed by atoms with Gasteiger partial charge in [-0.3, -0.25) is 14.5 Å². The molecule has 1 aliphatic rings. The Morgan fingerprint density at radius 3 is 2.10 bits per heavy atom. The number of imide groups is 1. The fraction of sp³-hybridized carbons (Fsp3) is 0.250. The Kier molecular flexibility index (Phi) is 7.51. The summed E-state index contributed by atoms with van der Waals surface area (Å²) in [6.07, 6.45) is 0.966. The van der Waals surface area contributed by atoms with E-state index in [0.29, 0.717) is 6.54 Å². The molecule has 2 aromatic carbocycles. The molecule has 1 saturated heterocycles. The molecule has 0 unspecified atom stereocenters. The van der Waals surface area contributed by atoms with Crippen LogP contribution in [0.15, 0.2) is 54.6 Å². The molecule has 1 atom stereocenters. The van der Waals surface area contributed by atoms with E-state index in [0.717, 1.165) is 12.0 Å². The number of amides is 2. The fourth-order valence-corrected chi connectivity index (χ4v) is 2.34. The van der Waals surface area contributed by atoms with Crippen LogP contribution < -0.4 is 0 Å². The monoisotopic (exact) mass is 343 g/mol. The number of hydrogen-bond donors (Lipinski definition) is 1. The summed E-state index contributed by atoms with van der Waals surface area (Å²) in [4.78, 5) is 24.2. The van der Waals surface area contributed by atoms with E-state index < -0.39 is 5.25 Å². The zero-order chi connectivity index (χ0) is 14.4. The summed E-state index contributed by atoms with van der Waals surface area (Å²) in [7, 11) is 0. The van der Waals surface area contributed by atoms with Crippen molar-refractivity contribution < 1.29 is 26.7 Å². The first-order valence-electron chi connectivity index (χ1n) is 6.58. The fourth-order valence-electron chi connectivity index (χ4n) is 2.04. The van der Waals surface area contributed by atoms with E-state index in [1.807, 2.05) is 54.6 Å². The molecule has 2 aromatic rings. The van der Waals surface area contributed by atoms with Gasteiger partial charge in [0, 0.05) is 30.0 Å². The third-order valence-electron chi connectivity index (χ3n) is 3.13. The first kappa shape index (κ1) is 17.8. The zero-order valence-electron chi connectivity index (χ0n) is 11.5. The molecule has 0 saturated carbocycles. The minimum Gasteiger partial charge on any atom is -0.748 e. The van der Waals surface area contributed by atoms with E-state index >= 15 is 0 Å². The van der Waals surface area contributed by atoms with E-state index in [2.05, 4.69) is 12.6 Å². The second-order valence-corrected chi connectivity index (χ2v) is 5.23. The van der Waals surface area contributed by atoms with E-state index in [4.69, 9.17) is 0 Å². The van der Waals surface area contributed by atoms with Crippen LogP contribution in [0.4, 0.5) is 0 Å². The Morgan fingerprint density at radius 2 is 1.67 bits per heavy atom. The normalized spacial score (nSPS) is 17.2. The Morgan fingerprint density at radius 1 is 1.14 bits per heavy atom. The van der Waals surface area contributed by atoms with Crippen molar-refractivity contribution in [2.24, 2.45) is 0 Å². The molecule has 3 nitrogen and oxygen atoms in total. The van der Waals surface area contributed by atoms with Crippen molar-refractivity contribution >= 4 is 24.4 Å². The maximum Gasteiger partial charge on any atom is 0.242 e. The summed E-state index contributed by atoms with van der Waals surface area (Å²) >= 11 is 4.06. The average Bonchev–Trinajstić information content (AvgIpc) is 3.16. The van der Waals surface area contributed by atoms with Crippen LogP contribution in [-0.4, -0.2) is 28.5 Å². The van der Waals surface area contributed by atoms with Gasteiger partial charge in [-0.15, -0.1) is 0 Å². The number of carbonyl (C=O) groups is 2. The Hall–Kier alpha value is -1.29. The van der Waals surface area contributed by atoms with Crippen molar-refractivity contribution in [3.63, 3.8) is 0 Å². The standard InChI is InChI=1S/C11H12NO2S.C5H5.Fe/c13-10-7-9(15)11(14)12(10)6-5-8-3-1-2-4-8;1-2-4-5-3-1;/h1-4,9,15H,5-7H2;1-5H;/q-1;-5;/t9-;;/m0../s1. The average molecular weight is 343 g/mol. The number of carbonyl (C=O) groups excluding carboxylic acids is 2. The summed E-state index contributed by atoms with van der Waals surface area (Å²) in [5, 5.41) is -0.433. The van der Waals surface area contributed by atoms with Crippen molar-refractivity contribution in [3.05, 3.63) is 60.2 Å². The molecular formula is C16H17FeNO2S-6. The zero-order valence-corrected chi connectivity index (χ0v) is 13.5. The van der Waals surface area contributed by atoms with Crippen molar-refractivity contribution in [1.82, 2.24) is 4.90 Å². The third kappa shape index (κ3) is 5.20. The molecule has 0 spiro atoms. The number of nitrogens with zero attached hydrogens (tertiary/aromatic N) is 1. The molecular weight excluding hydrogens is 326 g/mol. The first-order valence-corrected chi connectivity index (χ1v) is 7.09. The van der Waals surface area contributed by atoms with Crippen molar-refractivity contribution in [2.45, 2.75) is 18.1 Å². The predicted octanol–water partition coefficient (Wildman–Crippen LogP) is 2.41. The van der Waals surface area contributed by atoms with Crippen LogP contribution in [0.1, 0.15) is 12.0 Å². The van der Waals surface area contributed by atoms with Gasteiger partial charge in [-0.05, 0) is 0 Å². The van der Waals surface area contributed by atoms with Crippen LogP contribution in [0.5, 0.6) is 0 Å². The van der Waals surface area contributed by atoms with Crippen LogP contribution in [0.2, 0.25) is 0 Å². The number of rotatable bonds is 3. The maximum absolute atomic E-state index is 11.5. The molecule has 1 heterocycles. The minimum absolute atomic E-state index is 0.